The van der Waals surface area contributed by atoms with Gasteiger partial charge in [-0.3, -0.25) is 14.2 Å². The molecule has 3 aliphatic heterocycles. The van der Waals surface area contributed by atoms with Crippen LogP contribution in [0.5, 0.6) is 0 Å². The van der Waals surface area contributed by atoms with Crippen LogP contribution in [0.1, 0.15) is 80.6 Å². The predicted octanol–water partition coefficient (Wildman–Crippen LogP) is 6.69. The molecule has 27 heteroatoms. The Morgan fingerprint density at radius 1 is 0.704 bits per heavy atom. The molecule has 0 aliphatic carbocycles. The number of piperidine rings is 3. The summed E-state index contributed by atoms with van der Waals surface area (Å²) >= 11 is 0. The number of imidazole rings is 1. The van der Waals surface area contributed by atoms with Gasteiger partial charge in [0.05, 0.1) is 43.7 Å². The summed E-state index contributed by atoms with van der Waals surface area (Å²) in [6, 6.07) is 18.4. The number of nitrogens with two attached hydrogens (primary N) is 1. The van der Waals surface area contributed by atoms with Crippen molar-refractivity contribution in [1.82, 2.24) is 53.9 Å². The highest BCUT2D eigenvalue weighted by Gasteiger charge is 2.29. The number of carbonyl (C=O) groups is 1. The van der Waals surface area contributed by atoms with Gasteiger partial charge in [-0.15, -0.1) is 0 Å². The van der Waals surface area contributed by atoms with Crippen LogP contribution in [0.2, 0.25) is 20.5 Å². The summed E-state index contributed by atoms with van der Waals surface area (Å²) in [5.74, 6) is 1.06. The van der Waals surface area contributed by atoms with Crippen LogP contribution in [-0.4, -0.2) is 182 Å². The smallest absolute Gasteiger partial charge is 0.376 e. The highest BCUT2D eigenvalue weighted by Crippen LogP contribution is 2.35. The maximum atomic E-state index is 13.4. The molecule has 9 rings (SSSR count). The molecule has 3 saturated heterocycles. The van der Waals surface area contributed by atoms with Crippen molar-refractivity contribution in [2.24, 2.45) is 10.7 Å². The van der Waals surface area contributed by atoms with E-state index in [1.807, 2.05) is 36.3 Å². The summed E-state index contributed by atoms with van der Waals surface area (Å²) in [6.07, 6.45) is 15.1. The minimum absolute atomic E-state index is 0.171. The molecule has 3 aliphatic rings. The predicted molar refractivity (Wildman–Crippen MR) is 318 cm³/mol. The number of halogens is 3. The number of rotatable bonds is 13. The Labute approximate surface area is 476 Å². The number of aliphatic imine (C=N–C) groups is 1. The van der Waals surface area contributed by atoms with Crippen molar-refractivity contribution in [2.45, 2.75) is 90.1 Å². The molecular formula is C54H77B3F3N17O4. The van der Waals surface area contributed by atoms with Crippen molar-refractivity contribution in [3.8, 4) is 22.6 Å². The van der Waals surface area contributed by atoms with E-state index in [2.05, 4.69) is 74.9 Å². The van der Waals surface area contributed by atoms with Crippen molar-refractivity contribution >= 4 is 51.5 Å². The lowest BCUT2D eigenvalue weighted by atomic mass is 9.82. The number of aromatic nitrogens is 8. The van der Waals surface area contributed by atoms with E-state index in [9.17, 15) is 28.0 Å². The SMILES string of the molecule is CB(O)N1CCC(N)CC1.CNc1nccc(-c2c(-c3ccc(F)cc3)ncn2C2CCN(B(C)O)CC2)n1.CNc1nccc(C=NC2CCN(B(C)O)CC2)n1.CNc1nccc(C=O)n1.[2H]CF.[C-]#[N+]C(C)c1ccc(F)cc1. The molecule has 0 saturated carbocycles. The summed E-state index contributed by atoms with van der Waals surface area (Å²) in [4.78, 5) is 53.7. The summed E-state index contributed by atoms with van der Waals surface area (Å²) in [7, 11) is 3.18. The van der Waals surface area contributed by atoms with Crippen LogP contribution in [0.25, 0.3) is 27.5 Å². The second kappa shape index (κ2) is 35.5. The van der Waals surface area contributed by atoms with Crippen molar-refractivity contribution in [2.75, 3.05) is 83.5 Å². The van der Waals surface area contributed by atoms with E-state index in [1.165, 1.54) is 30.5 Å². The maximum Gasteiger partial charge on any atom is 0.376 e. The Hall–Kier alpha value is -7.18. The van der Waals surface area contributed by atoms with Crippen molar-refractivity contribution in [3.05, 3.63) is 132 Å². The van der Waals surface area contributed by atoms with Gasteiger partial charge in [0.25, 0.3) is 0 Å². The maximum absolute atomic E-state index is 13.4. The molecule has 432 valence electrons. The first kappa shape index (κ1) is 64.6. The first-order valence-electron chi connectivity index (χ1n) is 27.5. The third kappa shape index (κ3) is 22.0. The standard InChI is InChI=1S/C20H24BFN6O.C12H20BN5O.C9H8FN.C6H15BN2O.C6H7N3O.CH3F/c1-21(29)27-11-8-16(9-12-27)28-13-25-18(14-3-5-15(22)6-4-14)19(28)17-7-10-24-20(23-2)26-17;1-13(19)18-7-4-10(5-8-18)16-9-11-3-6-15-12(14-2)17-11;1-7(11-2)8-3-5-9(10)6-4-8;1-7(10)9-4-2-6(8)3-5-9;1-7-6-8-3-2-5(4-10)9-6;1-2/h3-7,10,13,16,29H,8-9,11-12H2,1-2H3,(H,23,24,26);3,6,9-10,19H,4-5,7-8H2,1-2H3,(H,14,15,17);3-7H,1H3;6,10H,2-5,8H2,1H3;2-4H,1H3,(H,7,8,9);1H3/i;;;;;1D. The van der Waals surface area contributed by atoms with Crippen molar-refractivity contribution < 1.29 is 34.4 Å². The average Bonchev–Trinajstić information content (AvgIpc) is 4.12. The fourth-order valence-electron chi connectivity index (χ4n) is 8.68. The van der Waals surface area contributed by atoms with Crippen LogP contribution in [-0.2, 0) is 0 Å². The summed E-state index contributed by atoms with van der Waals surface area (Å²) < 4.78 is 43.5. The zero-order valence-electron chi connectivity index (χ0n) is 48.3. The Bertz CT molecular complexity index is 2840. The first-order valence-corrected chi connectivity index (χ1v) is 26.8. The number of nitrogens with zero attached hydrogens (tertiary/aromatic N) is 13. The number of hydrogen-bond acceptors (Lipinski definition) is 19. The fraction of sp³-hybridized carbons (Fsp3) is 0.444. The molecule has 21 nitrogen and oxygen atoms in total. The molecule has 1 atom stereocenters. The molecule has 0 spiro atoms. The molecule has 7 heterocycles. The molecule has 6 aromatic rings. The Morgan fingerprint density at radius 2 is 1.15 bits per heavy atom. The summed E-state index contributed by atoms with van der Waals surface area (Å²) in [5, 5.41) is 37.1. The number of nitrogens with one attached hydrogen (secondary N) is 3. The van der Waals surface area contributed by atoms with Gasteiger partial charge >= 0.3 is 21.2 Å². The van der Waals surface area contributed by atoms with Crippen LogP contribution in [0.15, 0.2) is 96.6 Å². The van der Waals surface area contributed by atoms with Crippen LogP contribution in [0, 0.1) is 18.2 Å². The van der Waals surface area contributed by atoms with E-state index >= 15 is 0 Å². The summed E-state index contributed by atoms with van der Waals surface area (Å²) in [6.45, 7) is 19.2. The Balaban J connectivity index is 0.000000234. The number of anilines is 3. The lowest BCUT2D eigenvalue weighted by Crippen LogP contribution is -2.46. The Kier molecular flexibility index (Phi) is 28.4. The monoisotopic (exact) mass is 1120 g/mol. The van der Waals surface area contributed by atoms with Crippen molar-refractivity contribution in [3.63, 3.8) is 0 Å². The average molecular weight is 1120 g/mol. The molecular weight excluding hydrogens is 1040 g/mol. The highest BCUT2D eigenvalue weighted by molar-refractivity contribution is 6.45. The third-order valence-corrected chi connectivity index (χ3v) is 13.5. The van der Waals surface area contributed by atoms with Gasteiger partial charge in [-0.05, 0) is 165 Å². The second-order valence-corrected chi connectivity index (χ2v) is 19.0. The lowest BCUT2D eigenvalue weighted by molar-refractivity contribution is 0.111. The number of benzene rings is 2. The number of carbonyl (C=O) groups excluding carboxylic acids is 1. The minimum atomic E-state index is -1.00. The van der Waals surface area contributed by atoms with E-state index < -0.39 is 14.2 Å². The largest absolute Gasteiger partial charge is 0.437 e. The van der Waals surface area contributed by atoms with Crippen LogP contribution >= 0.6 is 0 Å². The fourth-order valence-corrected chi connectivity index (χ4v) is 8.68. The van der Waals surface area contributed by atoms with E-state index in [1.54, 1.807) is 84.4 Å². The second-order valence-electron chi connectivity index (χ2n) is 19.0. The highest BCUT2D eigenvalue weighted by atomic mass is 19.1. The van der Waals surface area contributed by atoms with Gasteiger partial charge < -0.3 is 60.6 Å². The van der Waals surface area contributed by atoms with Gasteiger partial charge in [0, 0.05) is 76.1 Å². The van der Waals surface area contributed by atoms with Gasteiger partial charge in [0.2, 0.25) is 23.9 Å². The zero-order valence-corrected chi connectivity index (χ0v) is 47.3. The Morgan fingerprint density at radius 3 is 1.63 bits per heavy atom. The number of aldehydes is 1. The van der Waals surface area contributed by atoms with E-state index in [-0.39, 0.29) is 37.8 Å². The zero-order chi connectivity index (χ0) is 60.0. The van der Waals surface area contributed by atoms with Crippen LogP contribution < -0.4 is 21.7 Å². The number of hydrogen-bond donors (Lipinski definition) is 7. The van der Waals surface area contributed by atoms with Gasteiger partial charge in [-0.25, -0.2) is 50.2 Å². The van der Waals surface area contributed by atoms with E-state index in [4.69, 9.17) is 18.7 Å². The molecule has 81 heavy (non-hydrogen) atoms. The molecule has 2 aromatic carbocycles. The van der Waals surface area contributed by atoms with Crippen LogP contribution in [0.3, 0.4) is 0 Å². The first-order chi connectivity index (χ1) is 39.5. The normalized spacial score (nSPS) is 15.5. The van der Waals surface area contributed by atoms with Gasteiger partial charge in [-0.1, -0.05) is 0 Å². The van der Waals surface area contributed by atoms with E-state index in [0.29, 0.717) is 41.9 Å². The molecule has 4 aromatic heterocycles. The van der Waals surface area contributed by atoms with Crippen molar-refractivity contribution in [1.29, 1.82) is 0 Å². The van der Waals surface area contributed by atoms with Gasteiger partial charge in [-0.2, -0.15) is 0 Å². The minimum Gasteiger partial charge on any atom is -0.437 e. The quantitative estimate of drug-likeness (QED) is 0.0275. The third-order valence-electron chi connectivity index (χ3n) is 13.5. The topological polar surface area (TPSA) is 261 Å². The number of alkyl halides is 1. The lowest BCUT2D eigenvalue weighted by Gasteiger charge is -2.33. The van der Waals surface area contributed by atoms with E-state index in [0.717, 1.165) is 112 Å². The van der Waals surface area contributed by atoms with Gasteiger partial charge in [0.1, 0.15) is 17.3 Å². The van der Waals surface area contributed by atoms with Crippen LogP contribution in [0.4, 0.5) is 31.0 Å². The molecule has 0 amide bonds. The molecule has 8 N–H and O–H groups in total. The van der Waals surface area contributed by atoms with Gasteiger partial charge in [0.15, 0.2) is 6.29 Å². The summed E-state index contributed by atoms with van der Waals surface area (Å²) in [5.41, 5.74) is 11.0. The molecule has 0 bridgehead atoms. The molecule has 0 radical (unpaired) electrons. The molecule has 1 unspecified atom stereocenters. The molecule has 3 fully saturated rings.